The van der Waals surface area contributed by atoms with E-state index in [-0.39, 0.29) is 11.8 Å². The summed E-state index contributed by atoms with van der Waals surface area (Å²) in [7, 11) is 0. The summed E-state index contributed by atoms with van der Waals surface area (Å²) in [6.07, 6.45) is 3.99. The molecule has 1 aliphatic heterocycles. The van der Waals surface area contributed by atoms with Crippen LogP contribution in [0.25, 0.3) is 6.08 Å². The number of nitrogens with zero attached hydrogens (tertiary/aromatic N) is 2. The SMILES string of the molecule is CC(=O)N1CCN(C(=O)/C=C/c2ccc(Sc3c(Cl)cccc3C=O)c(Cl)c2)CC1. The van der Waals surface area contributed by atoms with E-state index in [1.807, 2.05) is 12.1 Å². The van der Waals surface area contributed by atoms with Gasteiger partial charge in [0.15, 0.2) is 6.29 Å². The Kier molecular flexibility index (Phi) is 7.58. The van der Waals surface area contributed by atoms with Crippen LogP contribution in [-0.2, 0) is 9.59 Å². The minimum Gasteiger partial charge on any atom is -0.339 e. The Hall–Kier alpha value is -2.28. The van der Waals surface area contributed by atoms with Crippen molar-refractivity contribution in [1.29, 1.82) is 0 Å². The Morgan fingerprint density at radius 2 is 1.70 bits per heavy atom. The van der Waals surface area contributed by atoms with Crippen molar-refractivity contribution in [1.82, 2.24) is 9.80 Å². The first-order chi connectivity index (χ1) is 14.4. The van der Waals surface area contributed by atoms with Gasteiger partial charge in [0, 0.05) is 54.5 Å². The third kappa shape index (κ3) is 5.45. The molecule has 30 heavy (non-hydrogen) atoms. The number of aldehydes is 1. The summed E-state index contributed by atoms with van der Waals surface area (Å²) < 4.78 is 0. The third-order valence-corrected chi connectivity index (χ3v) is 6.83. The van der Waals surface area contributed by atoms with Crippen molar-refractivity contribution < 1.29 is 14.4 Å². The van der Waals surface area contributed by atoms with E-state index in [1.165, 1.54) is 24.8 Å². The summed E-state index contributed by atoms with van der Waals surface area (Å²) in [5, 5.41) is 0.988. The van der Waals surface area contributed by atoms with Gasteiger partial charge in [-0.15, -0.1) is 0 Å². The van der Waals surface area contributed by atoms with Crippen molar-refractivity contribution in [3.63, 3.8) is 0 Å². The van der Waals surface area contributed by atoms with Crippen LogP contribution in [0.1, 0.15) is 22.8 Å². The molecule has 0 saturated carbocycles. The van der Waals surface area contributed by atoms with E-state index in [0.29, 0.717) is 46.7 Å². The standard InChI is InChI=1S/C22H20Cl2N2O3S/c1-15(28)25-9-11-26(12-10-25)21(29)8-6-16-5-7-20(19(24)13-16)30-22-17(14-27)3-2-4-18(22)23/h2-8,13-14H,9-12H2,1H3/b8-6+. The lowest BCUT2D eigenvalue weighted by atomic mass is 10.2. The molecule has 0 N–H and O–H groups in total. The quantitative estimate of drug-likeness (QED) is 0.478. The molecule has 1 heterocycles. The molecule has 0 aliphatic carbocycles. The lowest BCUT2D eigenvalue weighted by Crippen LogP contribution is -2.49. The van der Waals surface area contributed by atoms with Gasteiger partial charge in [-0.2, -0.15) is 0 Å². The Bertz CT molecular complexity index is 1000. The van der Waals surface area contributed by atoms with Crippen LogP contribution < -0.4 is 0 Å². The molecule has 156 valence electrons. The lowest BCUT2D eigenvalue weighted by molar-refractivity contribution is -0.135. The fraction of sp³-hybridized carbons (Fsp3) is 0.227. The van der Waals surface area contributed by atoms with Crippen molar-refractivity contribution in [2.75, 3.05) is 26.2 Å². The lowest BCUT2D eigenvalue weighted by Gasteiger charge is -2.33. The molecule has 0 atom stereocenters. The number of halogens is 2. The minimum atomic E-state index is -0.0977. The fourth-order valence-corrected chi connectivity index (χ4v) is 4.57. The van der Waals surface area contributed by atoms with Crippen LogP contribution in [0.5, 0.6) is 0 Å². The van der Waals surface area contributed by atoms with Crippen LogP contribution in [0.2, 0.25) is 10.0 Å². The molecule has 8 heteroatoms. The van der Waals surface area contributed by atoms with Gasteiger partial charge < -0.3 is 9.80 Å². The predicted octanol–water partition coefficient (Wildman–Crippen LogP) is 4.66. The molecule has 0 radical (unpaired) electrons. The summed E-state index contributed by atoms with van der Waals surface area (Å²) in [6, 6.07) is 10.6. The van der Waals surface area contributed by atoms with E-state index < -0.39 is 0 Å². The number of benzene rings is 2. The van der Waals surface area contributed by atoms with Crippen LogP contribution in [0, 0.1) is 0 Å². The second-order valence-electron chi connectivity index (χ2n) is 6.73. The van der Waals surface area contributed by atoms with Gasteiger partial charge in [-0.05, 0) is 29.8 Å². The molecule has 0 bridgehead atoms. The first kappa shape index (κ1) is 22.4. The molecule has 5 nitrogen and oxygen atoms in total. The molecule has 3 rings (SSSR count). The fourth-order valence-electron chi connectivity index (χ4n) is 3.05. The van der Waals surface area contributed by atoms with Crippen molar-refractivity contribution >= 4 is 59.1 Å². The molecule has 1 fully saturated rings. The first-order valence-corrected chi connectivity index (χ1v) is 10.9. The number of amides is 2. The van der Waals surface area contributed by atoms with E-state index in [0.717, 1.165) is 16.7 Å². The molecule has 1 saturated heterocycles. The summed E-state index contributed by atoms with van der Waals surface area (Å²) >= 11 is 14.0. The smallest absolute Gasteiger partial charge is 0.246 e. The van der Waals surface area contributed by atoms with E-state index in [4.69, 9.17) is 23.2 Å². The maximum Gasteiger partial charge on any atom is 0.246 e. The molecule has 2 aromatic rings. The summed E-state index contributed by atoms with van der Waals surface area (Å²) in [4.78, 5) is 39.9. The highest BCUT2D eigenvalue weighted by molar-refractivity contribution is 7.99. The maximum atomic E-state index is 12.4. The molecular formula is C22H20Cl2N2O3S. The van der Waals surface area contributed by atoms with Gasteiger partial charge in [-0.1, -0.05) is 53.2 Å². The zero-order chi connectivity index (χ0) is 21.7. The average Bonchev–Trinajstić information content (AvgIpc) is 2.74. The van der Waals surface area contributed by atoms with Crippen LogP contribution in [0.3, 0.4) is 0 Å². The van der Waals surface area contributed by atoms with Crippen LogP contribution >= 0.6 is 35.0 Å². The Morgan fingerprint density at radius 3 is 2.33 bits per heavy atom. The van der Waals surface area contributed by atoms with Crippen molar-refractivity contribution in [2.45, 2.75) is 16.7 Å². The normalized spacial score (nSPS) is 14.2. The Balaban J connectivity index is 1.66. The Labute approximate surface area is 189 Å². The highest BCUT2D eigenvalue weighted by atomic mass is 35.5. The molecule has 1 aliphatic rings. The van der Waals surface area contributed by atoms with E-state index in [9.17, 15) is 14.4 Å². The van der Waals surface area contributed by atoms with Gasteiger partial charge in [-0.3, -0.25) is 14.4 Å². The third-order valence-electron chi connectivity index (χ3n) is 4.75. The van der Waals surface area contributed by atoms with Gasteiger partial charge in [0.05, 0.1) is 10.0 Å². The number of hydrogen-bond donors (Lipinski definition) is 0. The number of piperazine rings is 1. The zero-order valence-corrected chi connectivity index (χ0v) is 18.6. The minimum absolute atomic E-state index is 0.0299. The topological polar surface area (TPSA) is 57.7 Å². The second-order valence-corrected chi connectivity index (χ2v) is 8.60. The van der Waals surface area contributed by atoms with E-state index in [2.05, 4.69) is 0 Å². The van der Waals surface area contributed by atoms with Gasteiger partial charge >= 0.3 is 0 Å². The van der Waals surface area contributed by atoms with Crippen LogP contribution in [0.4, 0.5) is 0 Å². The number of hydrogen-bond acceptors (Lipinski definition) is 4. The monoisotopic (exact) mass is 462 g/mol. The Morgan fingerprint density at radius 1 is 1.00 bits per heavy atom. The van der Waals surface area contributed by atoms with Crippen LogP contribution in [0.15, 0.2) is 52.3 Å². The summed E-state index contributed by atoms with van der Waals surface area (Å²) in [5.41, 5.74) is 1.29. The highest BCUT2D eigenvalue weighted by Crippen LogP contribution is 2.39. The maximum absolute atomic E-state index is 12.4. The predicted molar refractivity (Wildman–Crippen MR) is 120 cm³/mol. The molecule has 0 spiro atoms. The van der Waals surface area contributed by atoms with Crippen LogP contribution in [-0.4, -0.2) is 54.1 Å². The molecule has 0 aromatic heterocycles. The molecular weight excluding hydrogens is 443 g/mol. The largest absolute Gasteiger partial charge is 0.339 e. The van der Waals surface area contributed by atoms with Crippen molar-refractivity contribution in [3.05, 3.63) is 63.6 Å². The van der Waals surface area contributed by atoms with E-state index in [1.54, 1.807) is 40.1 Å². The zero-order valence-electron chi connectivity index (χ0n) is 16.3. The number of rotatable bonds is 5. The summed E-state index contributed by atoms with van der Waals surface area (Å²) in [6.45, 7) is 3.69. The first-order valence-electron chi connectivity index (χ1n) is 9.32. The van der Waals surface area contributed by atoms with Gasteiger partial charge in [0.2, 0.25) is 11.8 Å². The molecule has 2 amide bonds. The second kappa shape index (κ2) is 10.2. The van der Waals surface area contributed by atoms with Gasteiger partial charge in [0.25, 0.3) is 0 Å². The number of carbonyl (C=O) groups is 3. The highest BCUT2D eigenvalue weighted by Gasteiger charge is 2.20. The van der Waals surface area contributed by atoms with Gasteiger partial charge in [0.1, 0.15) is 0 Å². The molecule has 2 aromatic carbocycles. The molecule has 0 unspecified atom stereocenters. The average molecular weight is 463 g/mol. The van der Waals surface area contributed by atoms with E-state index >= 15 is 0 Å². The van der Waals surface area contributed by atoms with Gasteiger partial charge in [-0.25, -0.2) is 0 Å². The summed E-state index contributed by atoms with van der Waals surface area (Å²) in [5.74, 6) is -0.0678. The van der Waals surface area contributed by atoms with Crippen molar-refractivity contribution in [3.8, 4) is 0 Å². The number of carbonyl (C=O) groups excluding carboxylic acids is 3. The van der Waals surface area contributed by atoms with Crippen molar-refractivity contribution in [2.24, 2.45) is 0 Å².